The predicted molar refractivity (Wildman–Crippen MR) is 78.7 cm³/mol. The van der Waals surface area contributed by atoms with E-state index in [4.69, 9.17) is 4.74 Å². The molecule has 2 N–H and O–H groups in total. The summed E-state index contributed by atoms with van der Waals surface area (Å²) in [6, 6.07) is 5.73. The van der Waals surface area contributed by atoms with Gasteiger partial charge in [0.15, 0.2) is 0 Å². The molecule has 0 aliphatic heterocycles. The smallest absolute Gasteiger partial charge is 0.242 e. The summed E-state index contributed by atoms with van der Waals surface area (Å²) in [5.74, 6) is 0.866. The summed E-state index contributed by atoms with van der Waals surface area (Å²) in [6.07, 6.45) is 0.931. The molecule has 19 heavy (non-hydrogen) atoms. The van der Waals surface area contributed by atoms with Crippen LogP contribution in [0, 0.1) is 6.92 Å². The van der Waals surface area contributed by atoms with Crippen molar-refractivity contribution in [2.45, 2.75) is 46.2 Å². The number of carbonyl (C=O) groups is 1. The average Bonchev–Trinajstić information content (AvgIpc) is 2.38. The summed E-state index contributed by atoms with van der Waals surface area (Å²) in [5.41, 5.74) is 1.96. The maximum absolute atomic E-state index is 11.9. The maximum Gasteiger partial charge on any atom is 0.242 e. The number of hydrogen-bond donors (Lipinski definition) is 2. The first-order valence-electron chi connectivity index (χ1n) is 6.69. The summed E-state index contributed by atoms with van der Waals surface area (Å²) >= 11 is 0. The molecule has 0 fully saturated rings. The summed E-state index contributed by atoms with van der Waals surface area (Å²) in [5, 5.41) is 6.16. The fourth-order valence-electron chi connectivity index (χ4n) is 1.75. The first-order valence-corrected chi connectivity index (χ1v) is 6.69. The fourth-order valence-corrected chi connectivity index (χ4v) is 1.75. The number of hydrogen-bond acceptors (Lipinski definition) is 3. The van der Waals surface area contributed by atoms with Crippen molar-refractivity contribution >= 4 is 11.6 Å². The van der Waals surface area contributed by atoms with Gasteiger partial charge >= 0.3 is 0 Å². The highest BCUT2D eigenvalue weighted by atomic mass is 16.5. The lowest BCUT2D eigenvalue weighted by molar-refractivity contribution is -0.122. The zero-order valence-corrected chi connectivity index (χ0v) is 12.4. The third-order valence-corrected chi connectivity index (χ3v) is 3.17. The Balaban J connectivity index is 2.63. The van der Waals surface area contributed by atoms with Gasteiger partial charge in [-0.25, -0.2) is 0 Å². The average molecular weight is 264 g/mol. The summed E-state index contributed by atoms with van der Waals surface area (Å²) < 4.78 is 5.21. The molecule has 0 saturated carbocycles. The molecule has 106 valence electrons. The molecule has 2 unspecified atom stereocenters. The third kappa shape index (κ3) is 4.47. The van der Waals surface area contributed by atoms with Gasteiger partial charge in [0.05, 0.1) is 7.11 Å². The van der Waals surface area contributed by atoms with E-state index in [0.717, 1.165) is 23.4 Å². The van der Waals surface area contributed by atoms with Gasteiger partial charge in [0, 0.05) is 11.7 Å². The van der Waals surface area contributed by atoms with Crippen molar-refractivity contribution in [3.8, 4) is 5.75 Å². The highest BCUT2D eigenvalue weighted by Gasteiger charge is 2.14. The Bertz CT molecular complexity index is 432. The number of aryl methyl sites for hydroxylation is 1. The van der Waals surface area contributed by atoms with E-state index < -0.39 is 0 Å². The predicted octanol–water partition coefficient (Wildman–Crippen LogP) is 2.72. The third-order valence-electron chi connectivity index (χ3n) is 3.17. The molecule has 1 amide bonds. The van der Waals surface area contributed by atoms with E-state index in [2.05, 4.69) is 17.6 Å². The van der Waals surface area contributed by atoms with E-state index in [-0.39, 0.29) is 18.0 Å². The van der Waals surface area contributed by atoms with Crippen LogP contribution in [0.5, 0.6) is 5.75 Å². The van der Waals surface area contributed by atoms with Crippen LogP contribution < -0.4 is 15.4 Å². The van der Waals surface area contributed by atoms with Crippen LogP contribution in [-0.4, -0.2) is 25.1 Å². The number of anilines is 1. The van der Waals surface area contributed by atoms with Crippen molar-refractivity contribution in [3.05, 3.63) is 23.8 Å². The first-order chi connectivity index (χ1) is 8.97. The monoisotopic (exact) mass is 264 g/mol. The lowest BCUT2D eigenvalue weighted by Crippen LogP contribution is -2.41. The summed E-state index contributed by atoms with van der Waals surface area (Å²) in [4.78, 5) is 11.9. The number of rotatable bonds is 6. The molecule has 4 heteroatoms. The van der Waals surface area contributed by atoms with Crippen LogP contribution in [0.1, 0.15) is 32.8 Å². The van der Waals surface area contributed by atoms with Gasteiger partial charge in [-0.15, -0.1) is 0 Å². The molecule has 0 aromatic heterocycles. The fraction of sp³-hybridized carbons (Fsp3) is 0.533. The Morgan fingerprint density at radius 3 is 2.58 bits per heavy atom. The van der Waals surface area contributed by atoms with Crippen molar-refractivity contribution < 1.29 is 9.53 Å². The molecule has 0 bridgehead atoms. The van der Waals surface area contributed by atoms with E-state index >= 15 is 0 Å². The van der Waals surface area contributed by atoms with Crippen LogP contribution in [0.2, 0.25) is 0 Å². The van der Waals surface area contributed by atoms with Crippen molar-refractivity contribution in [1.29, 1.82) is 0 Å². The van der Waals surface area contributed by atoms with Gasteiger partial charge in [0.2, 0.25) is 5.91 Å². The van der Waals surface area contributed by atoms with Gasteiger partial charge in [0.25, 0.3) is 0 Å². The van der Waals surface area contributed by atoms with Crippen LogP contribution in [0.3, 0.4) is 0 Å². The zero-order chi connectivity index (χ0) is 14.4. The Morgan fingerprint density at radius 2 is 2.05 bits per heavy atom. The molecule has 1 aromatic rings. The van der Waals surface area contributed by atoms with Gasteiger partial charge in [-0.2, -0.15) is 0 Å². The second-order valence-electron chi connectivity index (χ2n) is 4.87. The van der Waals surface area contributed by atoms with Gasteiger partial charge in [0.1, 0.15) is 11.8 Å². The Kier molecular flexibility index (Phi) is 5.67. The highest BCUT2D eigenvalue weighted by molar-refractivity contribution is 5.84. The molecule has 1 aromatic carbocycles. The summed E-state index contributed by atoms with van der Waals surface area (Å²) in [7, 11) is 1.65. The van der Waals surface area contributed by atoms with Gasteiger partial charge in [-0.3, -0.25) is 4.79 Å². The van der Waals surface area contributed by atoms with E-state index in [0.29, 0.717) is 0 Å². The summed E-state index contributed by atoms with van der Waals surface area (Å²) in [6.45, 7) is 7.89. The van der Waals surface area contributed by atoms with Gasteiger partial charge < -0.3 is 15.4 Å². The van der Waals surface area contributed by atoms with Crippen LogP contribution in [0.15, 0.2) is 18.2 Å². The van der Waals surface area contributed by atoms with E-state index in [1.807, 2.05) is 39.0 Å². The SMILES string of the molecule is CCC(C)NC(=O)C(C)Nc1ccc(OC)c(C)c1. The van der Waals surface area contributed by atoms with E-state index in [9.17, 15) is 4.79 Å². The zero-order valence-electron chi connectivity index (χ0n) is 12.4. The van der Waals surface area contributed by atoms with Crippen LogP contribution in [-0.2, 0) is 4.79 Å². The number of nitrogens with one attached hydrogen (secondary N) is 2. The van der Waals surface area contributed by atoms with E-state index in [1.165, 1.54) is 0 Å². The molecule has 2 atom stereocenters. The number of carbonyl (C=O) groups excluding carboxylic acids is 1. The Hall–Kier alpha value is -1.71. The molecule has 0 heterocycles. The van der Waals surface area contributed by atoms with Gasteiger partial charge in [-0.1, -0.05) is 6.92 Å². The molecule has 0 radical (unpaired) electrons. The topological polar surface area (TPSA) is 50.4 Å². The largest absolute Gasteiger partial charge is 0.496 e. The first kappa shape index (κ1) is 15.3. The molecule has 0 aliphatic rings. The lowest BCUT2D eigenvalue weighted by atomic mass is 10.1. The van der Waals surface area contributed by atoms with Crippen LogP contribution in [0.25, 0.3) is 0 Å². The molecule has 4 nitrogen and oxygen atoms in total. The van der Waals surface area contributed by atoms with Gasteiger partial charge in [-0.05, 0) is 51.0 Å². The number of amides is 1. The quantitative estimate of drug-likeness (QED) is 0.830. The van der Waals surface area contributed by atoms with Crippen molar-refractivity contribution in [1.82, 2.24) is 5.32 Å². The van der Waals surface area contributed by atoms with Crippen molar-refractivity contribution in [3.63, 3.8) is 0 Å². The number of benzene rings is 1. The molecule has 1 rings (SSSR count). The Morgan fingerprint density at radius 1 is 1.37 bits per heavy atom. The normalized spacial score (nSPS) is 13.5. The van der Waals surface area contributed by atoms with Crippen molar-refractivity contribution in [2.24, 2.45) is 0 Å². The Labute approximate surface area is 115 Å². The molecule has 0 aliphatic carbocycles. The maximum atomic E-state index is 11.9. The minimum absolute atomic E-state index is 0.0165. The molecular weight excluding hydrogens is 240 g/mol. The highest BCUT2D eigenvalue weighted by Crippen LogP contribution is 2.21. The minimum Gasteiger partial charge on any atom is -0.496 e. The molecular formula is C15H24N2O2. The molecule has 0 saturated heterocycles. The second-order valence-corrected chi connectivity index (χ2v) is 4.87. The number of methoxy groups -OCH3 is 1. The lowest BCUT2D eigenvalue weighted by Gasteiger charge is -2.19. The van der Waals surface area contributed by atoms with Crippen molar-refractivity contribution in [2.75, 3.05) is 12.4 Å². The second kappa shape index (κ2) is 7.02. The number of ether oxygens (including phenoxy) is 1. The molecule has 0 spiro atoms. The van der Waals surface area contributed by atoms with Crippen LogP contribution in [0.4, 0.5) is 5.69 Å². The van der Waals surface area contributed by atoms with E-state index in [1.54, 1.807) is 7.11 Å². The standard InChI is InChI=1S/C15H24N2O2/c1-6-11(3)16-15(18)12(4)17-13-7-8-14(19-5)10(2)9-13/h7-9,11-12,17H,6H2,1-5H3,(H,16,18). The van der Waals surface area contributed by atoms with Crippen LogP contribution >= 0.6 is 0 Å². The minimum atomic E-state index is -0.262.